The number of amides is 1. The van der Waals surface area contributed by atoms with Crippen molar-refractivity contribution in [2.45, 2.75) is 38.1 Å². The molecule has 152 valence electrons. The summed E-state index contributed by atoms with van der Waals surface area (Å²) in [5.41, 5.74) is 1.02. The summed E-state index contributed by atoms with van der Waals surface area (Å²) in [5.74, 6) is 2.42. The van der Waals surface area contributed by atoms with Gasteiger partial charge in [-0.2, -0.15) is 0 Å². The molecule has 1 atom stereocenters. The summed E-state index contributed by atoms with van der Waals surface area (Å²) in [6, 6.07) is 9.70. The van der Waals surface area contributed by atoms with Gasteiger partial charge in [0, 0.05) is 19.0 Å². The first-order chi connectivity index (χ1) is 13.7. The number of nitrogens with one attached hydrogen (secondary N) is 1. The van der Waals surface area contributed by atoms with E-state index in [4.69, 9.17) is 13.9 Å². The molecule has 1 amide bonds. The second-order valence-corrected chi connectivity index (χ2v) is 7.15. The number of rotatable bonds is 9. The summed E-state index contributed by atoms with van der Waals surface area (Å²) in [4.78, 5) is 14.9. The molecule has 6 heteroatoms. The van der Waals surface area contributed by atoms with Crippen molar-refractivity contribution in [2.75, 3.05) is 33.9 Å². The lowest BCUT2D eigenvalue weighted by atomic mass is 10.1. The summed E-state index contributed by atoms with van der Waals surface area (Å²) < 4.78 is 16.2. The molecule has 0 radical (unpaired) electrons. The van der Waals surface area contributed by atoms with E-state index >= 15 is 0 Å². The van der Waals surface area contributed by atoms with E-state index in [-0.39, 0.29) is 11.9 Å². The molecule has 0 spiro atoms. The zero-order valence-electron chi connectivity index (χ0n) is 16.8. The Hall–Kier alpha value is -2.47. The van der Waals surface area contributed by atoms with Gasteiger partial charge in [0.15, 0.2) is 0 Å². The third-order valence-corrected chi connectivity index (χ3v) is 5.25. The van der Waals surface area contributed by atoms with Crippen LogP contribution in [0.4, 0.5) is 0 Å². The molecule has 0 saturated carbocycles. The van der Waals surface area contributed by atoms with Gasteiger partial charge >= 0.3 is 0 Å². The van der Waals surface area contributed by atoms with E-state index in [1.165, 1.54) is 19.3 Å². The lowest BCUT2D eigenvalue weighted by Crippen LogP contribution is -2.40. The van der Waals surface area contributed by atoms with Crippen LogP contribution in [0.25, 0.3) is 0 Å². The van der Waals surface area contributed by atoms with Crippen LogP contribution in [0, 0.1) is 0 Å². The van der Waals surface area contributed by atoms with Gasteiger partial charge < -0.3 is 19.2 Å². The van der Waals surface area contributed by atoms with Gasteiger partial charge in [-0.1, -0.05) is 6.42 Å². The largest absolute Gasteiger partial charge is 0.497 e. The van der Waals surface area contributed by atoms with E-state index < -0.39 is 0 Å². The Morgan fingerprint density at radius 1 is 1.14 bits per heavy atom. The minimum atomic E-state index is 0.0374. The molecule has 1 fully saturated rings. The van der Waals surface area contributed by atoms with Gasteiger partial charge in [0.1, 0.15) is 17.3 Å². The molecule has 0 bridgehead atoms. The Kier molecular flexibility index (Phi) is 7.37. The van der Waals surface area contributed by atoms with Crippen LogP contribution in [-0.2, 0) is 11.2 Å². The number of methoxy groups -OCH3 is 2. The monoisotopic (exact) mass is 386 g/mol. The number of carbonyl (C=O) groups is 1. The van der Waals surface area contributed by atoms with Crippen molar-refractivity contribution >= 4 is 5.91 Å². The molecule has 1 aromatic carbocycles. The van der Waals surface area contributed by atoms with Crippen molar-refractivity contribution < 1.29 is 18.7 Å². The first kappa shape index (κ1) is 20.3. The predicted octanol–water partition coefficient (Wildman–Crippen LogP) is 3.57. The van der Waals surface area contributed by atoms with Crippen LogP contribution in [0.2, 0.25) is 0 Å². The second kappa shape index (κ2) is 10.2. The van der Waals surface area contributed by atoms with E-state index in [1.54, 1.807) is 20.5 Å². The molecule has 1 aliphatic heterocycles. The summed E-state index contributed by atoms with van der Waals surface area (Å²) in [6.45, 7) is 2.66. The number of ether oxygens (including phenoxy) is 2. The fourth-order valence-electron chi connectivity index (χ4n) is 3.69. The van der Waals surface area contributed by atoms with Gasteiger partial charge in [0.25, 0.3) is 0 Å². The third kappa shape index (κ3) is 5.52. The highest BCUT2D eigenvalue weighted by molar-refractivity contribution is 5.76. The maximum absolute atomic E-state index is 12.5. The van der Waals surface area contributed by atoms with Crippen LogP contribution in [0.15, 0.2) is 41.0 Å². The minimum Gasteiger partial charge on any atom is -0.497 e. The van der Waals surface area contributed by atoms with Crippen molar-refractivity contribution in [1.82, 2.24) is 10.2 Å². The van der Waals surface area contributed by atoms with Gasteiger partial charge in [-0.3, -0.25) is 9.69 Å². The fourth-order valence-corrected chi connectivity index (χ4v) is 3.69. The average Bonchev–Trinajstić information content (AvgIpc) is 3.27. The molecule has 1 N–H and O–H groups in total. The van der Waals surface area contributed by atoms with Gasteiger partial charge in [0.2, 0.25) is 5.91 Å². The third-order valence-electron chi connectivity index (χ3n) is 5.25. The topological polar surface area (TPSA) is 63.9 Å². The Bertz CT molecular complexity index is 717. The highest BCUT2D eigenvalue weighted by atomic mass is 16.5. The molecule has 1 aromatic heterocycles. The number of furan rings is 1. The standard InChI is InChI=1S/C22H30N2O4/c1-26-18-13-17(14-19(15-18)27-2)8-9-22(25)23-16-20(21-7-6-12-28-21)24-10-4-3-5-11-24/h6-7,12-15,20H,3-5,8-11,16H2,1-2H3,(H,23,25). The number of benzene rings is 1. The van der Waals surface area contributed by atoms with Crippen molar-refractivity contribution in [3.63, 3.8) is 0 Å². The zero-order chi connectivity index (χ0) is 19.8. The van der Waals surface area contributed by atoms with Crippen LogP contribution in [0.3, 0.4) is 0 Å². The highest BCUT2D eigenvalue weighted by Crippen LogP contribution is 2.25. The maximum Gasteiger partial charge on any atom is 0.220 e. The van der Waals surface area contributed by atoms with E-state index in [0.717, 1.165) is 35.9 Å². The van der Waals surface area contributed by atoms with Gasteiger partial charge in [-0.15, -0.1) is 0 Å². The number of likely N-dealkylation sites (tertiary alicyclic amines) is 1. The molecule has 1 saturated heterocycles. The second-order valence-electron chi connectivity index (χ2n) is 7.15. The molecule has 6 nitrogen and oxygen atoms in total. The number of hydrogen-bond acceptors (Lipinski definition) is 5. The summed E-state index contributed by atoms with van der Waals surface area (Å²) >= 11 is 0. The summed E-state index contributed by atoms with van der Waals surface area (Å²) in [6.07, 6.45) is 6.42. The Morgan fingerprint density at radius 3 is 2.46 bits per heavy atom. The minimum absolute atomic E-state index is 0.0374. The van der Waals surface area contributed by atoms with Crippen LogP contribution < -0.4 is 14.8 Å². The van der Waals surface area contributed by atoms with Crippen molar-refractivity contribution in [3.8, 4) is 11.5 Å². The van der Waals surface area contributed by atoms with E-state index in [0.29, 0.717) is 19.4 Å². The van der Waals surface area contributed by atoms with Crippen LogP contribution >= 0.6 is 0 Å². The number of nitrogens with zero attached hydrogens (tertiary/aromatic N) is 1. The molecule has 0 aliphatic carbocycles. The first-order valence-corrected chi connectivity index (χ1v) is 9.95. The summed E-state index contributed by atoms with van der Waals surface area (Å²) in [7, 11) is 3.25. The molecular weight excluding hydrogens is 356 g/mol. The molecule has 2 aromatic rings. The van der Waals surface area contributed by atoms with Gasteiger partial charge in [0.05, 0.1) is 26.5 Å². The van der Waals surface area contributed by atoms with Crippen molar-refractivity contribution in [1.29, 1.82) is 0 Å². The molecule has 2 heterocycles. The van der Waals surface area contributed by atoms with Gasteiger partial charge in [-0.05, 0) is 62.2 Å². The van der Waals surface area contributed by atoms with E-state index in [1.807, 2.05) is 30.3 Å². The smallest absolute Gasteiger partial charge is 0.220 e. The average molecular weight is 386 g/mol. The van der Waals surface area contributed by atoms with Crippen molar-refractivity contribution in [2.24, 2.45) is 0 Å². The Balaban J connectivity index is 1.55. The van der Waals surface area contributed by atoms with Crippen LogP contribution in [0.5, 0.6) is 11.5 Å². The van der Waals surface area contributed by atoms with Crippen LogP contribution in [0.1, 0.15) is 43.0 Å². The Morgan fingerprint density at radius 2 is 1.86 bits per heavy atom. The zero-order valence-corrected chi connectivity index (χ0v) is 16.8. The number of carbonyl (C=O) groups excluding carboxylic acids is 1. The van der Waals surface area contributed by atoms with E-state index in [9.17, 15) is 4.79 Å². The lowest BCUT2D eigenvalue weighted by Gasteiger charge is -2.33. The quantitative estimate of drug-likeness (QED) is 0.714. The normalized spacial score (nSPS) is 15.8. The number of piperidine rings is 1. The first-order valence-electron chi connectivity index (χ1n) is 9.95. The molecule has 1 unspecified atom stereocenters. The molecule has 1 aliphatic rings. The van der Waals surface area contributed by atoms with E-state index in [2.05, 4.69) is 10.2 Å². The molecule has 3 rings (SSSR count). The predicted molar refractivity (Wildman–Crippen MR) is 108 cm³/mol. The Labute approximate surface area is 166 Å². The molecule has 28 heavy (non-hydrogen) atoms. The summed E-state index contributed by atoms with van der Waals surface area (Å²) in [5, 5.41) is 3.09. The number of hydrogen-bond donors (Lipinski definition) is 1. The van der Waals surface area contributed by atoms with Gasteiger partial charge in [-0.25, -0.2) is 0 Å². The number of aryl methyl sites for hydroxylation is 1. The SMILES string of the molecule is COc1cc(CCC(=O)NCC(c2ccco2)N2CCCCC2)cc(OC)c1. The van der Waals surface area contributed by atoms with Crippen LogP contribution in [-0.4, -0.2) is 44.7 Å². The maximum atomic E-state index is 12.5. The molecular formula is C22H30N2O4. The van der Waals surface area contributed by atoms with Crippen molar-refractivity contribution in [3.05, 3.63) is 47.9 Å². The lowest BCUT2D eigenvalue weighted by molar-refractivity contribution is -0.121. The highest BCUT2D eigenvalue weighted by Gasteiger charge is 2.24. The fraction of sp³-hybridized carbons (Fsp3) is 0.500.